The molecule has 8 heteroatoms. The van der Waals surface area contributed by atoms with Gasteiger partial charge in [-0.2, -0.15) is 4.31 Å². The Bertz CT molecular complexity index is 1440. The number of aryl methyl sites for hydroxylation is 1. The topological polar surface area (TPSA) is 92.5 Å². The fraction of sp³-hybridized carbons (Fsp3) is 0.167. The van der Waals surface area contributed by atoms with E-state index in [1.807, 2.05) is 24.3 Å². The van der Waals surface area contributed by atoms with E-state index in [0.717, 1.165) is 5.56 Å². The lowest BCUT2D eigenvalue weighted by molar-refractivity contribution is 0.102. The van der Waals surface area contributed by atoms with E-state index < -0.39 is 15.9 Å². The second kappa shape index (κ2) is 7.89. The molecule has 0 fully saturated rings. The van der Waals surface area contributed by atoms with E-state index in [9.17, 15) is 13.2 Å². The van der Waals surface area contributed by atoms with Crippen LogP contribution in [0.15, 0.2) is 76.0 Å². The lowest BCUT2D eigenvalue weighted by atomic mass is 10.0. The summed E-state index contributed by atoms with van der Waals surface area (Å²) in [5.74, 6) is 0.146. The third kappa shape index (κ3) is 3.79. The lowest BCUT2D eigenvalue weighted by Crippen LogP contribution is -2.36. The van der Waals surface area contributed by atoms with E-state index in [2.05, 4.69) is 10.3 Å². The van der Waals surface area contributed by atoms with Gasteiger partial charge in [-0.25, -0.2) is 13.4 Å². The largest absolute Gasteiger partial charge is 0.441 e. The van der Waals surface area contributed by atoms with Crippen LogP contribution in [-0.4, -0.2) is 30.2 Å². The molecular weight excluding hydrogens is 426 g/mol. The summed E-state index contributed by atoms with van der Waals surface area (Å²) >= 11 is 0. The first kappa shape index (κ1) is 20.4. The number of aromatic nitrogens is 1. The van der Waals surface area contributed by atoms with Crippen molar-refractivity contribution in [2.75, 3.05) is 11.9 Å². The normalized spacial score (nSPS) is 14.3. The maximum Gasteiger partial charge on any atom is 0.255 e. The van der Waals surface area contributed by atoms with Gasteiger partial charge in [0.1, 0.15) is 5.52 Å². The van der Waals surface area contributed by atoms with Crippen LogP contribution in [0.4, 0.5) is 5.69 Å². The molecule has 7 nitrogen and oxygen atoms in total. The fourth-order valence-electron chi connectivity index (χ4n) is 3.95. The second-order valence-corrected chi connectivity index (χ2v) is 9.69. The molecule has 1 aromatic heterocycles. The van der Waals surface area contributed by atoms with Gasteiger partial charge in [-0.3, -0.25) is 4.79 Å². The highest BCUT2D eigenvalue weighted by molar-refractivity contribution is 7.89. The Hall–Kier alpha value is -3.49. The number of anilines is 1. The molecule has 3 aromatic carbocycles. The fourth-order valence-corrected chi connectivity index (χ4v) is 5.41. The van der Waals surface area contributed by atoms with Crippen LogP contribution in [0.5, 0.6) is 0 Å². The minimum absolute atomic E-state index is 0.104. The zero-order valence-electron chi connectivity index (χ0n) is 17.4. The Morgan fingerprint density at radius 2 is 1.84 bits per heavy atom. The highest BCUT2D eigenvalue weighted by Crippen LogP contribution is 2.26. The number of benzene rings is 3. The summed E-state index contributed by atoms with van der Waals surface area (Å²) in [6.07, 6.45) is 0.666. The molecule has 32 heavy (non-hydrogen) atoms. The zero-order valence-corrected chi connectivity index (χ0v) is 18.2. The van der Waals surface area contributed by atoms with E-state index in [0.29, 0.717) is 42.2 Å². The van der Waals surface area contributed by atoms with Crippen LogP contribution in [0.3, 0.4) is 0 Å². The quantitative estimate of drug-likeness (QED) is 0.508. The molecule has 162 valence electrons. The maximum atomic E-state index is 13.3. The molecule has 0 unspecified atom stereocenters. The number of oxazole rings is 1. The van der Waals surface area contributed by atoms with Crippen molar-refractivity contribution in [2.45, 2.75) is 24.8 Å². The van der Waals surface area contributed by atoms with E-state index in [1.165, 1.54) is 22.0 Å². The van der Waals surface area contributed by atoms with Crippen molar-refractivity contribution in [1.29, 1.82) is 0 Å². The summed E-state index contributed by atoms with van der Waals surface area (Å²) in [6, 6.07) is 19.2. The molecule has 5 rings (SSSR count). The van der Waals surface area contributed by atoms with Gasteiger partial charge >= 0.3 is 0 Å². The zero-order chi connectivity index (χ0) is 22.3. The van der Waals surface area contributed by atoms with Crippen LogP contribution in [0.25, 0.3) is 11.1 Å². The number of sulfonamides is 1. The molecule has 1 N–H and O–H groups in total. The number of fused-ring (bicyclic) bond motifs is 2. The van der Waals surface area contributed by atoms with E-state index in [-0.39, 0.29) is 10.5 Å². The number of nitrogens with one attached hydrogen (secondary N) is 1. The van der Waals surface area contributed by atoms with Crippen molar-refractivity contribution in [1.82, 2.24) is 9.29 Å². The summed E-state index contributed by atoms with van der Waals surface area (Å²) in [6.45, 7) is 2.49. The van der Waals surface area contributed by atoms with E-state index >= 15 is 0 Å². The van der Waals surface area contributed by atoms with Crippen molar-refractivity contribution in [3.8, 4) is 0 Å². The molecule has 0 bridgehead atoms. The highest BCUT2D eigenvalue weighted by Gasteiger charge is 2.28. The molecule has 1 aliphatic heterocycles. The molecular formula is C24H21N3O4S. The molecule has 4 aromatic rings. The summed E-state index contributed by atoms with van der Waals surface area (Å²) < 4.78 is 33.4. The molecule has 0 aliphatic carbocycles. The predicted molar refractivity (Wildman–Crippen MR) is 121 cm³/mol. The molecule has 0 saturated carbocycles. The minimum atomic E-state index is -3.73. The lowest BCUT2D eigenvalue weighted by Gasteiger charge is -2.28. The Labute approximate surface area is 185 Å². The number of rotatable bonds is 4. The summed E-state index contributed by atoms with van der Waals surface area (Å²) in [5, 5.41) is 2.80. The van der Waals surface area contributed by atoms with Gasteiger partial charge in [0.15, 0.2) is 11.5 Å². The van der Waals surface area contributed by atoms with Crippen LogP contribution < -0.4 is 5.32 Å². The number of hydrogen-bond donors (Lipinski definition) is 1. The maximum absolute atomic E-state index is 13.3. The molecule has 0 radical (unpaired) electrons. The van der Waals surface area contributed by atoms with Crippen LogP contribution in [0.2, 0.25) is 0 Å². The van der Waals surface area contributed by atoms with Crippen molar-refractivity contribution < 1.29 is 17.6 Å². The first-order valence-corrected chi connectivity index (χ1v) is 11.7. The van der Waals surface area contributed by atoms with Gasteiger partial charge in [0.2, 0.25) is 10.0 Å². The molecule has 1 amide bonds. The van der Waals surface area contributed by atoms with Gasteiger partial charge in [0.05, 0.1) is 4.90 Å². The third-order valence-electron chi connectivity index (χ3n) is 5.58. The SMILES string of the molecule is Cc1nc2cc(NC(=O)c3cccc(S(=O)(=O)N4CCc5ccccc5C4)c3)ccc2o1. The Balaban J connectivity index is 1.38. The molecule has 0 spiro atoms. The molecule has 2 heterocycles. The van der Waals surface area contributed by atoms with Gasteiger partial charge in [0.25, 0.3) is 5.91 Å². The monoisotopic (exact) mass is 447 g/mol. The number of hydrogen-bond acceptors (Lipinski definition) is 5. The van der Waals surface area contributed by atoms with Gasteiger partial charge < -0.3 is 9.73 Å². The Morgan fingerprint density at radius 3 is 2.69 bits per heavy atom. The third-order valence-corrected chi connectivity index (χ3v) is 7.42. The van der Waals surface area contributed by atoms with Crippen LogP contribution >= 0.6 is 0 Å². The summed E-state index contributed by atoms with van der Waals surface area (Å²) in [7, 11) is -3.73. The van der Waals surface area contributed by atoms with Crippen molar-refractivity contribution in [3.05, 3.63) is 89.3 Å². The highest BCUT2D eigenvalue weighted by atomic mass is 32.2. The number of carbonyl (C=O) groups is 1. The van der Waals surface area contributed by atoms with Crippen molar-refractivity contribution in [3.63, 3.8) is 0 Å². The molecule has 0 atom stereocenters. The first-order chi connectivity index (χ1) is 15.4. The standard InChI is InChI=1S/C24H21N3O4S/c1-16-25-22-14-20(9-10-23(22)31-16)26-24(28)18-7-4-8-21(13-18)32(29,30)27-12-11-17-5-2-3-6-19(17)15-27/h2-10,13-14H,11-12,15H2,1H3,(H,26,28). The van der Waals surface area contributed by atoms with Crippen molar-refractivity contribution >= 4 is 32.7 Å². The minimum Gasteiger partial charge on any atom is -0.441 e. The van der Waals surface area contributed by atoms with Crippen LogP contribution in [0, 0.1) is 6.92 Å². The first-order valence-electron chi connectivity index (χ1n) is 10.3. The average molecular weight is 448 g/mol. The average Bonchev–Trinajstić information content (AvgIpc) is 3.18. The van der Waals surface area contributed by atoms with Gasteiger partial charge in [0, 0.05) is 31.3 Å². The predicted octanol–water partition coefficient (Wildman–Crippen LogP) is 4.14. The van der Waals surface area contributed by atoms with Crippen molar-refractivity contribution in [2.24, 2.45) is 0 Å². The Kier molecular flexibility index (Phi) is 5.03. The summed E-state index contributed by atoms with van der Waals surface area (Å²) in [4.78, 5) is 17.2. The van der Waals surface area contributed by atoms with E-state index in [4.69, 9.17) is 4.42 Å². The van der Waals surface area contributed by atoms with Gasteiger partial charge in [-0.05, 0) is 53.9 Å². The smallest absolute Gasteiger partial charge is 0.255 e. The molecule has 0 saturated heterocycles. The van der Waals surface area contributed by atoms with Crippen LogP contribution in [0.1, 0.15) is 27.4 Å². The second-order valence-electron chi connectivity index (χ2n) is 7.75. The molecule has 1 aliphatic rings. The van der Waals surface area contributed by atoms with E-state index in [1.54, 1.807) is 37.3 Å². The Morgan fingerprint density at radius 1 is 1.03 bits per heavy atom. The number of amides is 1. The number of carbonyl (C=O) groups excluding carboxylic acids is 1. The number of nitrogens with zero attached hydrogens (tertiary/aromatic N) is 2. The van der Waals surface area contributed by atoms with Crippen LogP contribution in [-0.2, 0) is 23.0 Å². The van der Waals surface area contributed by atoms with Gasteiger partial charge in [-0.15, -0.1) is 0 Å². The summed E-state index contributed by atoms with van der Waals surface area (Å²) in [5.41, 5.74) is 4.27. The van der Waals surface area contributed by atoms with Gasteiger partial charge in [-0.1, -0.05) is 30.3 Å².